The van der Waals surface area contributed by atoms with E-state index < -0.39 is 0 Å². The van der Waals surface area contributed by atoms with E-state index in [1.165, 1.54) is 38.8 Å². The first-order valence-corrected chi connectivity index (χ1v) is 7.16. The summed E-state index contributed by atoms with van der Waals surface area (Å²) in [5, 5.41) is 0. The maximum absolute atomic E-state index is 6.41. The third-order valence-corrected chi connectivity index (χ3v) is 4.75. The maximum Gasteiger partial charge on any atom is 0.0599 e. The molecular weight excluding hydrogens is 212 g/mol. The van der Waals surface area contributed by atoms with Crippen LogP contribution in [0.3, 0.4) is 0 Å². The molecule has 2 aliphatic rings. The molecule has 0 spiro atoms. The standard InChI is InChI=1S/C14H28N2O/c1-4-17-11-6-9-16(10-7-11)12-5-8-14(2,3)13(12)15/h11-13H,4-10,15H2,1-3H3. The van der Waals surface area contributed by atoms with Crippen molar-refractivity contribution in [1.29, 1.82) is 0 Å². The van der Waals surface area contributed by atoms with Crippen LogP contribution in [0.2, 0.25) is 0 Å². The van der Waals surface area contributed by atoms with Gasteiger partial charge in [-0.25, -0.2) is 0 Å². The van der Waals surface area contributed by atoms with E-state index in [0.717, 1.165) is 6.61 Å². The van der Waals surface area contributed by atoms with Gasteiger partial charge in [-0.2, -0.15) is 0 Å². The second-order valence-electron chi connectivity index (χ2n) is 6.31. The van der Waals surface area contributed by atoms with Gasteiger partial charge < -0.3 is 10.5 Å². The summed E-state index contributed by atoms with van der Waals surface area (Å²) < 4.78 is 5.70. The molecule has 1 saturated carbocycles. The summed E-state index contributed by atoms with van der Waals surface area (Å²) in [7, 11) is 0. The lowest BCUT2D eigenvalue weighted by atomic mass is 9.87. The molecule has 17 heavy (non-hydrogen) atoms. The average molecular weight is 240 g/mol. The molecule has 1 saturated heterocycles. The van der Waals surface area contributed by atoms with Crippen LogP contribution in [0.15, 0.2) is 0 Å². The van der Waals surface area contributed by atoms with Crippen LogP contribution in [0.1, 0.15) is 46.5 Å². The average Bonchev–Trinajstić information content (AvgIpc) is 2.56. The van der Waals surface area contributed by atoms with Gasteiger partial charge in [-0.1, -0.05) is 13.8 Å². The summed E-state index contributed by atoms with van der Waals surface area (Å²) in [6.07, 6.45) is 5.38. The molecule has 100 valence electrons. The molecule has 0 bridgehead atoms. The minimum Gasteiger partial charge on any atom is -0.378 e. The van der Waals surface area contributed by atoms with Crippen LogP contribution >= 0.6 is 0 Å². The number of rotatable bonds is 3. The molecule has 2 fully saturated rings. The van der Waals surface area contributed by atoms with Crippen LogP contribution < -0.4 is 5.73 Å². The zero-order valence-corrected chi connectivity index (χ0v) is 11.6. The quantitative estimate of drug-likeness (QED) is 0.820. The fraction of sp³-hybridized carbons (Fsp3) is 1.00. The smallest absolute Gasteiger partial charge is 0.0599 e. The second-order valence-corrected chi connectivity index (χ2v) is 6.31. The molecule has 1 aliphatic carbocycles. The van der Waals surface area contributed by atoms with E-state index in [1.54, 1.807) is 0 Å². The van der Waals surface area contributed by atoms with Gasteiger partial charge in [-0.3, -0.25) is 4.90 Å². The number of nitrogens with zero attached hydrogens (tertiary/aromatic N) is 1. The van der Waals surface area contributed by atoms with E-state index in [4.69, 9.17) is 10.5 Å². The zero-order chi connectivity index (χ0) is 12.5. The van der Waals surface area contributed by atoms with Crippen LogP contribution in [-0.4, -0.2) is 42.8 Å². The van der Waals surface area contributed by atoms with Crippen LogP contribution in [0.4, 0.5) is 0 Å². The molecule has 2 unspecified atom stereocenters. The topological polar surface area (TPSA) is 38.5 Å². The van der Waals surface area contributed by atoms with E-state index >= 15 is 0 Å². The van der Waals surface area contributed by atoms with Gasteiger partial charge in [-0.15, -0.1) is 0 Å². The third-order valence-electron chi connectivity index (χ3n) is 4.75. The number of likely N-dealkylation sites (tertiary alicyclic amines) is 1. The number of piperidine rings is 1. The molecule has 2 rings (SSSR count). The Balaban J connectivity index is 1.85. The summed E-state index contributed by atoms with van der Waals surface area (Å²) in [6, 6.07) is 0.943. The number of ether oxygens (including phenoxy) is 1. The van der Waals surface area contributed by atoms with Crippen molar-refractivity contribution in [3.05, 3.63) is 0 Å². The van der Waals surface area contributed by atoms with Crippen LogP contribution in [0, 0.1) is 5.41 Å². The van der Waals surface area contributed by atoms with Gasteiger partial charge in [0, 0.05) is 31.8 Å². The summed E-state index contributed by atoms with van der Waals surface area (Å²) >= 11 is 0. The molecule has 2 atom stereocenters. The van der Waals surface area contributed by atoms with Crippen LogP contribution in [0.5, 0.6) is 0 Å². The number of hydrogen-bond acceptors (Lipinski definition) is 3. The monoisotopic (exact) mass is 240 g/mol. The Morgan fingerprint density at radius 3 is 2.35 bits per heavy atom. The molecule has 0 amide bonds. The highest BCUT2D eigenvalue weighted by atomic mass is 16.5. The lowest BCUT2D eigenvalue weighted by Gasteiger charge is -2.39. The normalized spacial score (nSPS) is 35.3. The fourth-order valence-electron chi connectivity index (χ4n) is 3.41. The molecular formula is C14H28N2O. The number of nitrogens with two attached hydrogens (primary N) is 1. The first-order chi connectivity index (χ1) is 8.04. The SMILES string of the molecule is CCOC1CCN(C2CCC(C)(C)C2N)CC1. The predicted octanol–water partition coefficient (Wildman–Crippen LogP) is 2.00. The number of hydrogen-bond donors (Lipinski definition) is 1. The lowest BCUT2D eigenvalue weighted by Crippen LogP contribution is -2.52. The Morgan fingerprint density at radius 1 is 1.24 bits per heavy atom. The molecule has 3 heteroatoms. The highest BCUT2D eigenvalue weighted by Gasteiger charge is 2.42. The summed E-state index contributed by atoms with van der Waals surface area (Å²) in [5.74, 6) is 0. The van der Waals surface area contributed by atoms with Gasteiger partial charge >= 0.3 is 0 Å². The molecule has 1 aliphatic heterocycles. The van der Waals surface area contributed by atoms with Crippen molar-refractivity contribution in [2.75, 3.05) is 19.7 Å². The van der Waals surface area contributed by atoms with E-state index in [0.29, 0.717) is 23.6 Å². The minimum absolute atomic E-state index is 0.321. The Kier molecular flexibility index (Phi) is 4.11. The first kappa shape index (κ1) is 13.3. The first-order valence-electron chi connectivity index (χ1n) is 7.16. The van der Waals surface area contributed by atoms with E-state index in [-0.39, 0.29) is 0 Å². The van der Waals surface area contributed by atoms with Gasteiger partial charge in [-0.05, 0) is 38.0 Å². The van der Waals surface area contributed by atoms with E-state index in [1.807, 2.05) is 0 Å². The van der Waals surface area contributed by atoms with Crippen LogP contribution in [0.25, 0.3) is 0 Å². The summed E-state index contributed by atoms with van der Waals surface area (Å²) in [6.45, 7) is 9.88. The van der Waals surface area contributed by atoms with Crippen molar-refractivity contribution in [3.63, 3.8) is 0 Å². The molecule has 0 aromatic heterocycles. The van der Waals surface area contributed by atoms with Gasteiger partial charge in [0.1, 0.15) is 0 Å². The second kappa shape index (κ2) is 5.25. The van der Waals surface area contributed by atoms with Crippen molar-refractivity contribution >= 4 is 0 Å². The summed E-state index contributed by atoms with van der Waals surface area (Å²) in [5.41, 5.74) is 6.73. The van der Waals surface area contributed by atoms with Gasteiger partial charge in [0.05, 0.1) is 6.10 Å². The Morgan fingerprint density at radius 2 is 1.88 bits per heavy atom. The molecule has 1 heterocycles. The molecule has 2 N–H and O–H groups in total. The van der Waals surface area contributed by atoms with E-state index in [2.05, 4.69) is 25.7 Å². The van der Waals surface area contributed by atoms with Crippen molar-refractivity contribution in [3.8, 4) is 0 Å². The van der Waals surface area contributed by atoms with Gasteiger partial charge in [0.2, 0.25) is 0 Å². The predicted molar refractivity (Wildman–Crippen MR) is 71.0 cm³/mol. The lowest BCUT2D eigenvalue weighted by molar-refractivity contribution is 0.00146. The molecule has 0 radical (unpaired) electrons. The van der Waals surface area contributed by atoms with Crippen molar-refractivity contribution in [2.24, 2.45) is 11.1 Å². The molecule has 0 aromatic rings. The van der Waals surface area contributed by atoms with Gasteiger partial charge in [0.15, 0.2) is 0 Å². The zero-order valence-electron chi connectivity index (χ0n) is 11.6. The Bertz CT molecular complexity index is 247. The largest absolute Gasteiger partial charge is 0.378 e. The highest BCUT2D eigenvalue weighted by Crippen LogP contribution is 2.39. The summed E-state index contributed by atoms with van der Waals surface area (Å²) in [4.78, 5) is 2.61. The van der Waals surface area contributed by atoms with Crippen molar-refractivity contribution in [2.45, 2.75) is 64.6 Å². The fourth-order valence-corrected chi connectivity index (χ4v) is 3.41. The van der Waals surface area contributed by atoms with E-state index in [9.17, 15) is 0 Å². The van der Waals surface area contributed by atoms with Crippen molar-refractivity contribution < 1.29 is 4.74 Å². The van der Waals surface area contributed by atoms with Crippen molar-refractivity contribution in [1.82, 2.24) is 4.90 Å². The van der Waals surface area contributed by atoms with Crippen LogP contribution in [-0.2, 0) is 4.74 Å². The Hall–Kier alpha value is -0.120. The third kappa shape index (κ3) is 2.83. The minimum atomic E-state index is 0.321. The maximum atomic E-state index is 6.41. The van der Waals surface area contributed by atoms with Gasteiger partial charge in [0.25, 0.3) is 0 Å². The molecule has 0 aromatic carbocycles. The Labute approximate surface area is 106 Å². The molecule has 3 nitrogen and oxygen atoms in total. The highest BCUT2D eigenvalue weighted by molar-refractivity contribution is 4.99.